The molecule has 0 bridgehead atoms. The summed E-state index contributed by atoms with van der Waals surface area (Å²) in [6.07, 6.45) is 9.36. The molecule has 0 saturated carbocycles. The number of rotatable bonds is 9. The Kier molecular flexibility index (Phi) is 8.14. The molecule has 0 heterocycles. The van der Waals surface area contributed by atoms with E-state index < -0.39 is 0 Å². The highest BCUT2D eigenvalue weighted by molar-refractivity contribution is 5.69. The van der Waals surface area contributed by atoms with Crippen molar-refractivity contribution in [1.29, 1.82) is 0 Å². The van der Waals surface area contributed by atoms with Crippen molar-refractivity contribution in [3.8, 4) is 11.1 Å². The van der Waals surface area contributed by atoms with Gasteiger partial charge in [0.05, 0.1) is 0 Å². The predicted molar refractivity (Wildman–Crippen MR) is 183 cm³/mol. The summed E-state index contributed by atoms with van der Waals surface area (Å²) in [4.78, 5) is 0. The zero-order valence-electron chi connectivity index (χ0n) is 24.1. The van der Waals surface area contributed by atoms with Crippen LogP contribution in [0.3, 0.4) is 0 Å². The van der Waals surface area contributed by atoms with Crippen LogP contribution in [0.25, 0.3) is 11.1 Å². The number of hydrogen-bond donors (Lipinski definition) is 5. The third-order valence-corrected chi connectivity index (χ3v) is 7.83. The molecule has 0 spiro atoms. The summed E-state index contributed by atoms with van der Waals surface area (Å²) in [5.74, 6) is 0. The Morgan fingerprint density at radius 2 is 1.14 bits per heavy atom. The molecule has 214 valence electrons. The van der Waals surface area contributed by atoms with E-state index in [4.69, 9.17) is 17.2 Å². The Bertz CT molecular complexity index is 1730. The minimum Gasteiger partial charge on any atom is -0.399 e. The number of anilines is 6. The fourth-order valence-corrected chi connectivity index (χ4v) is 5.34. The maximum atomic E-state index is 6.41. The van der Waals surface area contributed by atoms with Crippen molar-refractivity contribution >= 4 is 34.1 Å². The standard InChI is InChI=1S/C38H37N5/c39-32-10-18-36(19-11-32)42-34-14-3-27(4-15-34)23-26-1-7-29(8-2-26)30-9-22-38(41)31(25-30)24-28-5-16-35(17-6-28)43-37-20-12-33(40)13-21-37/h1-16,18-22,25,35,42-43H,17,23-24,39-41H2. The number of hydrogen-bond acceptors (Lipinski definition) is 5. The SMILES string of the molecule is Nc1ccc(Nc2ccc(Cc3ccc(-c4ccc(N)c(CC5=CCC(Nc6ccc(N)cc6)C=C5)c4)cc3)cc2)cc1. The average Bonchev–Trinajstić information content (AvgIpc) is 3.03. The Morgan fingerprint density at radius 1 is 0.581 bits per heavy atom. The van der Waals surface area contributed by atoms with Crippen LogP contribution in [0.15, 0.2) is 139 Å². The quantitative estimate of drug-likeness (QED) is 0.116. The van der Waals surface area contributed by atoms with Crippen LogP contribution in [0.1, 0.15) is 23.1 Å². The van der Waals surface area contributed by atoms with Crippen LogP contribution in [-0.4, -0.2) is 6.04 Å². The zero-order valence-corrected chi connectivity index (χ0v) is 24.1. The number of allylic oxidation sites excluding steroid dienone is 2. The van der Waals surface area contributed by atoms with E-state index in [0.717, 1.165) is 59.0 Å². The molecule has 5 aromatic rings. The third kappa shape index (κ3) is 7.27. The van der Waals surface area contributed by atoms with Gasteiger partial charge in [0.2, 0.25) is 0 Å². The van der Waals surface area contributed by atoms with Crippen LogP contribution in [0.5, 0.6) is 0 Å². The van der Waals surface area contributed by atoms with Gasteiger partial charge in [-0.05, 0) is 125 Å². The van der Waals surface area contributed by atoms with Crippen molar-refractivity contribution < 1.29 is 0 Å². The smallest absolute Gasteiger partial charge is 0.0482 e. The molecule has 1 unspecified atom stereocenters. The highest BCUT2D eigenvalue weighted by Crippen LogP contribution is 2.28. The zero-order chi connectivity index (χ0) is 29.6. The summed E-state index contributed by atoms with van der Waals surface area (Å²) in [5.41, 5.74) is 30.9. The Balaban J connectivity index is 1.06. The fraction of sp³-hybridized carbons (Fsp3) is 0.105. The van der Waals surface area contributed by atoms with Crippen molar-refractivity contribution in [1.82, 2.24) is 0 Å². The molecule has 1 aliphatic rings. The van der Waals surface area contributed by atoms with Crippen LogP contribution in [-0.2, 0) is 12.8 Å². The number of nitrogens with two attached hydrogens (primary N) is 3. The molecule has 5 aromatic carbocycles. The fourth-order valence-electron chi connectivity index (χ4n) is 5.34. The molecule has 1 aliphatic carbocycles. The molecule has 5 nitrogen and oxygen atoms in total. The number of benzene rings is 5. The van der Waals surface area contributed by atoms with Crippen molar-refractivity contribution in [3.05, 3.63) is 156 Å². The molecule has 6 rings (SSSR count). The summed E-state index contributed by atoms with van der Waals surface area (Å²) in [6, 6.07) is 39.7. The van der Waals surface area contributed by atoms with Gasteiger partial charge in [-0.15, -0.1) is 0 Å². The van der Waals surface area contributed by atoms with E-state index in [2.05, 4.69) is 89.5 Å². The molecule has 43 heavy (non-hydrogen) atoms. The van der Waals surface area contributed by atoms with Crippen molar-refractivity contribution in [3.63, 3.8) is 0 Å². The Hall–Kier alpha value is -5.42. The Labute approximate surface area is 253 Å². The molecule has 0 amide bonds. The van der Waals surface area contributed by atoms with E-state index >= 15 is 0 Å². The van der Waals surface area contributed by atoms with Crippen LogP contribution >= 0.6 is 0 Å². The molecule has 0 radical (unpaired) electrons. The monoisotopic (exact) mass is 563 g/mol. The molecule has 0 fully saturated rings. The lowest BCUT2D eigenvalue weighted by Crippen LogP contribution is -2.18. The van der Waals surface area contributed by atoms with Gasteiger partial charge in [0.1, 0.15) is 0 Å². The highest BCUT2D eigenvalue weighted by Gasteiger charge is 2.11. The van der Waals surface area contributed by atoms with Gasteiger partial charge in [0.15, 0.2) is 0 Å². The molecule has 0 saturated heterocycles. The largest absolute Gasteiger partial charge is 0.399 e. The summed E-state index contributed by atoms with van der Waals surface area (Å²) in [7, 11) is 0. The van der Waals surface area contributed by atoms with E-state index in [9.17, 15) is 0 Å². The maximum Gasteiger partial charge on any atom is 0.0482 e. The molecule has 5 heteroatoms. The Morgan fingerprint density at radius 3 is 1.74 bits per heavy atom. The molecular weight excluding hydrogens is 526 g/mol. The lowest BCUT2D eigenvalue weighted by Gasteiger charge is -2.19. The first-order chi connectivity index (χ1) is 21.0. The van der Waals surface area contributed by atoms with Crippen LogP contribution < -0.4 is 27.8 Å². The predicted octanol–water partition coefficient (Wildman–Crippen LogP) is 8.34. The molecule has 0 aromatic heterocycles. The topological polar surface area (TPSA) is 102 Å². The van der Waals surface area contributed by atoms with E-state index in [1.807, 2.05) is 54.6 Å². The third-order valence-electron chi connectivity index (χ3n) is 7.83. The van der Waals surface area contributed by atoms with Gasteiger partial charge in [-0.25, -0.2) is 0 Å². The van der Waals surface area contributed by atoms with Crippen LogP contribution in [0, 0.1) is 0 Å². The van der Waals surface area contributed by atoms with Crippen LogP contribution in [0.2, 0.25) is 0 Å². The minimum atomic E-state index is 0.263. The lowest BCUT2D eigenvalue weighted by molar-refractivity contribution is 0.867. The maximum absolute atomic E-state index is 6.41. The normalized spacial score (nSPS) is 14.2. The number of nitrogens with one attached hydrogen (secondary N) is 2. The van der Waals surface area contributed by atoms with Crippen molar-refractivity contribution in [2.75, 3.05) is 27.8 Å². The second-order valence-corrected chi connectivity index (χ2v) is 11.2. The molecule has 0 aliphatic heterocycles. The van der Waals surface area contributed by atoms with Gasteiger partial charge in [-0.2, -0.15) is 0 Å². The van der Waals surface area contributed by atoms with Gasteiger partial charge < -0.3 is 27.8 Å². The summed E-state index contributed by atoms with van der Waals surface area (Å²) in [5, 5.41) is 6.97. The second-order valence-electron chi connectivity index (χ2n) is 11.2. The van der Waals surface area contributed by atoms with E-state index in [-0.39, 0.29) is 6.04 Å². The first-order valence-electron chi connectivity index (χ1n) is 14.7. The second kappa shape index (κ2) is 12.6. The van der Waals surface area contributed by atoms with E-state index in [1.54, 1.807) is 0 Å². The molecule has 1 atom stereocenters. The van der Waals surface area contributed by atoms with Gasteiger partial charge in [-0.3, -0.25) is 0 Å². The van der Waals surface area contributed by atoms with Crippen LogP contribution in [0.4, 0.5) is 34.1 Å². The minimum absolute atomic E-state index is 0.263. The van der Waals surface area contributed by atoms with Gasteiger partial charge in [0.25, 0.3) is 0 Å². The van der Waals surface area contributed by atoms with Crippen molar-refractivity contribution in [2.45, 2.75) is 25.3 Å². The summed E-state index contributed by atoms with van der Waals surface area (Å²) in [6.45, 7) is 0. The lowest BCUT2D eigenvalue weighted by atomic mass is 9.93. The van der Waals surface area contributed by atoms with Gasteiger partial charge >= 0.3 is 0 Å². The van der Waals surface area contributed by atoms with E-state index in [1.165, 1.54) is 27.8 Å². The van der Waals surface area contributed by atoms with Gasteiger partial charge in [0, 0.05) is 40.2 Å². The number of nitrogen functional groups attached to an aromatic ring is 3. The molecule has 8 N–H and O–H groups in total. The first-order valence-corrected chi connectivity index (χ1v) is 14.7. The first kappa shape index (κ1) is 27.7. The average molecular weight is 564 g/mol. The summed E-state index contributed by atoms with van der Waals surface area (Å²) >= 11 is 0. The van der Waals surface area contributed by atoms with Gasteiger partial charge in [-0.1, -0.05) is 60.7 Å². The summed E-state index contributed by atoms with van der Waals surface area (Å²) < 4.78 is 0. The molecular formula is C38H37N5. The highest BCUT2D eigenvalue weighted by atomic mass is 14.9. The van der Waals surface area contributed by atoms with E-state index in [0.29, 0.717) is 0 Å². The van der Waals surface area contributed by atoms with Crippen molar-refractivity contribution in [2.24, 2.45) is 0 Å².